The van der Waals surface area contributed by atoms with Crippen LogP contribution in [0.2, 0.25) is 0 Å². The summed E-state index contributed by atoms with van der Waals surface area (Å²) in [4.78, 5) is 36.2. The van der Waals surface area contributed by atoms with Gasteiger partial charge in [-0.2, -0.15) is 0 Å². The molecule has 0 radical (unpaired) electrons. The first-order valence-corrected chi connectivity index (χ1v) is 11.0. The Morgan fingerprint density at radius 3 is 2.45 bits per heavy atom. The van der Waals surface area contributed by atoms with Gasteiger partial charge in [0.15, 0.2) is 0 Å². The van der Waals surface area contributed by atoms with E-state index in [1.54, 1.807) is 24.3 Å². The molecule has 2 atom stereocenters. The molecule has 29 heavy (non-hydrogen) atoms. The second-order valence-electron chi connectivity index (χ2n) is 6.81. The number of nitrogens with one attached hydrogen (secondary N) is 3. The third-order valence-electron chi connectivity index (χ3n) is 3.70. The molecule has 0 aliphatic carbocycles. The number of ether oxygens (including phenoxy) is 1. The number of hydrogen-bond donors (Lipinski definition) is 4. The van der Waals surface area contributed by atoms with Gasteiger partial charge < -0.3 is 30.6 Å². The first-order valence-electron chi connectivity index (χ1n) is 9.23. The van der Waals surface area contributed by atoms with Crippen LogP contribution in [0.15, 0.2) is 30.3 Å². The molecule has 0 aliphatic rings. The van der Waals surface area contributed by atoms with Crippen molar-refractivity contribution >= 4 is 19.5 Å². The molecular formula is C18H30LiN4O5P. The smallest absolute Gasteiger partial charge is 0.787 e. The van der Waals surface area contributed by atoms with Crippen LogP contribution in [-0.4, -0.2) is 37.4 Å². The SMILES string of the molecule is CC(C)C[C@H](NP(=O)([O-])CNC(=O)OCc1ccccc1)C(=O)NCCCN.[Li+]. The summed E-state index contributed by atoms with van der Waals surface area (Å²) in [6.07, 6.45) is -0.580. The van der Waals surface area contributed by atoms with Gasteiger partial charge in [0.25, 0.3) is 0 Å². The molecule has 0 saturated carbocycles. The molecule has 5 N–H and O–H groups in total. The number of rotatable bonds is 12. The maximum absolute atomic E-state index is 12.3. The number of nitrogens with two attached hydrogens (primary N) is 1. The Hall–Kier alpha value is -1.33. The van der Waals surface area contributed by atoms with Gasteiger partial charge in [-0.15, -0.1) is 0 Å². The molecule has 0 spiro atoms. The number of carbonyl (C=O) groups excluding carboxylic acids is 2. The van der Waals surface area contributed by atoms with Gasteiger partial charge in [-0.1, -0.05) is 44.2 Å². The minimum atomic E-state index is -4.24. The third-order valence-corrected chi connectivity index (χ3v) is 4.98. The van der Waals surface area contributed by atoms with Crippen molar-refractivity contribution in [3.05, 3.63) is 35.9 Å². The maximum atomic E-state index is 12.3. The van der Waals surface area contributed by atoms with Gasteiger partial charge in [-0.3, -0.25) is 9.88 Å². The zero-order valence-electron chi connectivity index (χ0n) is 17.3. The van der Waals surface area contributed by atoms with Crippen molar-refractivity contribution in [2.45, 2.75) is 39.3 Å². The molecule has 2 amide bonds. The van der Waals surface area contributed by atoms with Crippen LogP contribution in [0.1, 0.15) is 32.3 Å². The van der Waals surface area contributed by atoms with E-state index < -0.39 is 31.8 Å². The fourth-order valence-corrected chi connectivity index (χ4v) is 3.48. The summed E-state index contributed by atoms with van der Waals surface area (Å²) >= 11 is 0. The second-order valence-corrected chi connectivity index (χ2v) is 8.74. The van der Waals surface area contributed by atoms with Crippen molar-refractivity contribution in [2.24, 2.45) is 11.7 Å². The standard InChI is InChI=1S/C18H31N4O5P.Li/c1-14(2)11-16(17(23)20-10-6-9-19)22-28(25,26)13-21-18(24)27-12-15-7-4-3-5-8-15;/h3-5,7-8,14,16H,6,9-13,19H2,1-2H3,(H,20,23)(H,21,24)(H2,22,25,26);/q;+1/p-1/t16-;/m0./s1. The van der Waals surface area contributed by atoms with E-state index in [4.69, 9.17) is 10.5 Å². The van der Waals surface area contributed by atoms with E-state index in [9.17, 15) is 19.0 Å². The van der Waals surface area contributed by atoms with Gasteiger partial charge in [-0.05, 0) is 30.9 Å². The molecule has 0 aliphatic heterocycles. The summed E-state index contributed by atoms with van der Waals surface area (Å²) in [6.45, 7) is 4.60. The van der Waals surface area contributed by atoms with E-state index in [1.165, 1.54) is 0 Å². The first kappa shape index (κ1) is 27.7. The van der Waals surface area contributed by atoms with Crippen LogP contribution < -0.4 is 45.2 Å². The molecule has 0 bridgehead atoms. The summed E-state index contributed by atoms with van der Waals surface area (Å²) in [5.74, 6) is -0.313. The first-order chi connectivity index (χ1) is 13.2. The quantitative estimate of drug-likeness (QED) is 0.172. The van der Waals surface area contributed by atoms with E-state index in [0.717, 1.165) is 5.56 Å². The third kappa shape index (κ3) is 12.8. The number of carbonyl (C=O) groups is 2. The molecular weight excluding hydrogens is 390 g/mol. The van der Waals surface area contributed by atoms with Crippen LogP contribution in [0.25, 0.3) is 0 Å². The van der Waals surface area contributed by atoms with E-state index in [0.29, 0.717) is 25.9 Å². The Morgan fingerprint density at radius 1 is 1.21 bits per heavy atom. The summed E-state index contributed by atoms with van der Waals surface area (Å²) in [5.41, 5.74) is 6.17. The van der Waals surface area contributed by atoms with Crippen LogP contribution in [0, 0.1) is 5.92 Å². The number of alkyl carbamates (subject to hydrolysis) is 1. The fraction of sp³-hybridized carbons (Fsp3) is 0.556. The number of hydrogen-bond acceptors (Lipinski definition) is 6. The number of amides is 2. The van der Waals surface area contributed by atoms with Crippen molar-refractivity contribution in [1.29, 1.82) is 0 Å². The average Bonchev–Trinajstić information content (AvgIpc) is 2.64. The predicted molar refractivity (Wildman–Crippen MR) is 105 cm³/mol. The topological polar surface area (TPSA) is 146 Å². The summed E-state index contributed by atoms with van der Waals surface area (Å²) in [5, 5.41) is 7.22. The van der Waals surface area contributed by atoms with Gasteiger partial charge in [0.1, 0.15) is 6.61 Å². The van der Waals surface area contributed by atoms with E-state index in [1.807, 2.05) is 19.9 Å². The molecule has 158 valence electrons. The van der Waals surface area contributed by atoms with E-state index >= 15 is 0 Å². The zero-order chi connectivity index (χ0) is 21.0. The monoisotopic (exact) mass is 420 g/mol. The average molecular weight is 420 g/mol. The predicted octanol–water partition coefficient (Wildman–Crippen LogP) is -2.10. The minimum Gasteiger partial charge on any atom is -0.787 e. The fourth-order valence-electron chi connectivity index (χ4n) is 2.35. The van der Waals surface area contributed by atoms with Crippen molar-refractivity contribution in [3.8, 4) is 0 Å². The minimum absolute atomic E-state index is 0. The van der Waals surface area contributed by atoms with E-state index in [-0.39, 0.29) is 31.4 Å². The largest absolute Gasteiger partial charge is 1.00 e. The molecule has 9 nitrogen and oxygen atoms in total. The van der Waals surface area contributed by atoms with Crippen LogP contribution in [0.5, 0.6) is 0 Å². The second kappa shape index (κ2) is 14.6. The number of benzene rings is 1. The summed E-state index contributed by atoms with van der Waals surface area (Å²) < 4.78 is 17.3. The van der Waals surface area contributed by atoms with Crippen LogP contribution in [0.3, 0.4) is 0 Å². The maximum Gasteiger partial charge on any atom is 1.00 e. The van der Waals surface area contributed by atoms with E-state index in [2.05, 4.69) is 15.7 Å². The Morgan fingerprint density at radius 2 is 1.86 bits per heavy atom. The van der Waals surface area contributed by atoms with Gasteiger partial charge in [0.2, 0.25) is 5.91 Å². The van der Waals surface area contributed by atoms with Gasteiger partial charge >= 0.3 is 25.0 Å². The van der Waals surface area contributed by atoms with Crippen LogP contribution in [-0.2, 0) is 20.7 Å². The van der Waals surface area contributed by atoms with Crippen molar-refractivity contribution in [2.75, 3.05) is 19.4 Å². The molecule has 0 aromatic heterocycles. The molecule has 11 heteroatoms. The van der Waals surface area contributed by atoms with Gasteiger partial charge in [0.05, 0.1) is 19.8 Å². The normalized spacial score (nSPS) is 13.7. The molecule has 1 aromatic carbocycles. The summed E-state index contributed by atoms with van der Waals surface area (Å²) in [7, 11) is -4.24. The molecule has 1 aromatic rings. The van der Waals surface area contributed by atoms with Crippen LogP contribution in [0.4, 0.5) is 4.79 Å². The Balaban J connectivity index is 0.00000784. The Bertz CT molecular complexity index is 663. The molecule has 1 rings (SSSR count). The Labute approximate surface area is 184 Å². The zero-order valence-corrected chi connectivity index (χ0v) is 18.2. The molecule has 0 saturated heterocycles. The van der Waals surface area contributed by atoms with Crippen molar-refractivity contribution < 1.29 is 42.6 Å². The van der Waals surface area contributed by atoms with Gasteiger partial charge in [-0.25, -0.2) is 4.79 Å². The van der Waals surface area contributed by atoms with Gasteiger partial charge in [0, 0.05) is 6.54 Å². The Kier molecular flexibility index (Phi) is 13.9. The molecule has 1 unspecified atom stereocenters. The van der Waals surface area contributed by atoms with Crippen molar-refractivity contribution in [1.82, 2.24) is 15.7 Å². The van der Waals surface area contributed by atoms with Crippen LogP contribution >= 0.6 is 7.52 Å². The molecule has 0 fully saturated rings. The summed E-state index contributed by atoms with van der Waals surface area (Å²) in [6, 6.07) is 8.10. The van der Waals surface area contributed by atoms with Crippen molar-refractivity contribution in [3.63, 3.8) is 0 Å². The molecule has 0 heterocycles.